The van der Waals surface area contributed by atoms with E-state index in [0.717, 1.165) is 46.1 Å². The third-order valence-corrected chi connectivity index (χ3v) is 4.53. The summed E-state index contributed by atoms with van der Waals surface area (Å²) in [6.45, 7) is 4.02. The summed E-state index contributed by atoms with van der Waals surface area (Å²) < 4.78 is 4.14. The van der Waals surface area contributed by atoms with Gasteiger partial charge in [-0.15, -0.1) is 0 Å². The molecule has 0 saturated carbocycles. The number of hydrogen-bond donors (Lipinski definition) is 1. The summed E-state index contributed by atoms with van der Waals surface area (Å²) in [4.78, 5) is 4.43. The molecule has 4 heterocycles. The van der Waals surface area contributed by atoms with Crippen molar-refractivity contribution in [3.8, 4) is 11.3 Å². The van der Waals surface area contributed by atoms with E-state index >= 15 is 0 Å². The molecule has 0 unspecified atom stereocenters. The number of fused-ring (bicyclic) bond motifs is 1. The van der Waals surface area contributed by atoms with Gasteiger partial charge in [0, 0.05) is 43.5 Å². The van der Waals surface area contributed by atoms with Gasteiger partial charge in [0.05, 0.1) is 22.5 Å². The minimum absolute atomic E-state index is 0.467. The summed E-state index contributed by atoms with van der Waals surface area (Å²) in [5.74, 6) is 0. The number of hydrogen-bond acceptors (Lipinski definition) is 3. The molecule has 1 aliphatic rings. The smallest absolute Gasteiger partial charge is 0.141 e. The van der Waals surface area contributed by atoms with Crippen molar-refractivity contribution in [3.63, 3.8) is 0 Å². The van der Waals surface area contributed by atoms with E-state index in [-0.39, 0.29) is 0 Å². The highest BCUT2D eigenvalue weighted by Gasteiger charge is 2.22. The Morgan fingerprint density at radius 1 is 1.38 bits per heavy atom. The number of nitrogens with zero attached hydrogens (tertiary/aromatic N) is 4. The normalized spacial score (nSPS) is 15.6. The van der Waals surface area contributed by atoms with Crippen molar-refractivity contribution in [2.24, 2.45) is 7.05 Å². The molecule has 21 heavy (non-hydrogen) atoms. The van der Waals surface area contributed by atoms with Crippen LogP contribution < -0.4 is 5.32 Å². The Bertz CT molecular complexity index is 828. The molecule has 0 aliphatic carbocycles. The van der Waals surface area contributed by atoms with Gasteiger partial charge in [-0.1, -0.05) is 11.6 Å². The van der Waals surface area contributed by atoms with Crippen molar-refractivity contribution >= 4 is 22.6 Å². The Kier molecular flexibility index (Phi) is 2.80. The zero-order chi connectivity index (χ0) is 14.6. The fourth-order valence-corrected chi connectivity index (χ4v) is 3.02. The highest BCUT2D eigenvalue weighted by molar-refractivity contribution is 6.35. The van der Waals surface area contributed by atoms with Gasteiger partial charge in [0.25, 0.3) is 0 Å². The largest absolute Gasteiger partial charge is 0.328 e. The maximum atomic E-state index is 6.27. The minimum Gasteiger partial charge on any atom is -0.328 e. The lowest BCUT2D eigenvalue weighted by Gasteiger charge is -2.27. The van der Waals surface area contributed by atoms with Crippen molar-refractivity contribution in [2.75, 3.05) is 13.1 Å². The number of rotatable bonds is 2. The Hall–Kier alpha value is -1.85. The van der Waals surface area contributed by atoms with Crippen LogP contribution in [0.15, 0.2) is 24.5 Å². The van der Waals surface area contributed by atoms with E-state index < -0.39 is 0 Å². The highest BCUT2D eigenvalue weighted by atomic mass is 35.5. The van der Waals surface area contributed by atoms with Gasteiger partial charge in [0.15, 0.2) is 0 Å². The van der Waals surface area contributed by atoms with Crippen LogP contribution >= 0.6 is 11.6 Å². The predicted molar refractivity (Wildman–Crippen MR) is 83.6 cm³/mol. The molecular weight excluding hydrogens is 286 g/mol. The summed E-state index contributed by atoms with van der Waals surface area (Å²) in [6.07, 6.45) is 3.87. The maximum Gasteiger partial charge on any atom is 0.141 e. The van der Waals surface area contributed by atoms with E-state index in [4.69, 9.17) is 11.6 Å². The molecule has 0 spiro atoms. The van der Waals surface area contributed by atoms with Crippen LogP contribution in [0.25, 0.3) is 22.3 Å². The fraction of sp³-hybridized carbons (Fsp3) is 0.333. The third-order valence-electron chi connectivity index (χ3n) is 4.20. The molecule has 0 radical (unpaired) electrons. The second kappa shape index (κ2) is 4.58. The van der Waals surface area contributed by atoms with E-state index in [1.807, 2.05) is 20.0 Å². The van der Waals surface area contributed by atoms with E-state index in [1.165, 1.54) is 0 Å². The summed E-state index contributed by atoms with van der Waals surface area (Å²) in [7, 11) is 2.02. The molecule has 5 nitrogen and oxygen atoms in total. The van der Waals surface area contributed by atoms with Crippen LogP contribution in [0.1, 0.15) is 11.7 Å². The summed E-state index contributed by atoms with van der Waals surface area (Å²) in [5.41, 5.74) is 4.17. The molecule has 0 amide bonds. The Labute approximate surface area is 127 Å². The van der Waals surface area contributed by atoms with E-state index in [9.17, 15) is 0 Å². The average Bonchev–Trinajstić information content (AvgIpc) is 2.91. The zero-order valence-electron chi connectivity index (χ0n) is 12.0. The molecule has 0 atom stereocenters. The molecular formula is C15H16ClN5. The van der Waals surface area contributed by atoms with Crippen LogP contribution in [-0.2, 0) is 7.05 Å². The summed E-state index contributed by atoms with van der Waals surface area (Å²) >= 11 is 6.27. The Morgan fingerprint density at radius 2 is 2.19 bits per heavy atom. The molecule has 3 aromatic heterocycles. The summed E-state index contributed by atoms with van der Waals surface area (Å²) in [6, 6.07) is 4.39. The van der Waals surface area contributed by atoms with Gasteiger partial charge in [-0.05, 0) is 19.1 Å². The number of halogens is 1. The SMILES string of the molecule is Cc1nn(C2CNC2)cc1-c1cc2c(Cl)ccnc2n1C. The first-order valence-corrected chi connectivity index (χ1v) is 7.39. The van der Waals surface area contributed by atoms with Crippen LogP contribution in [-0.4, -0.2) is 32.4 Å². The van der Waals surface area contributed by atoms with Crippen molar-refractivity contribution in [1.29, 1.82) is 0 Å². The topological polar surface area (TPSA) is 47.7 Å². The number of aryl methyl sites for hydroxylation is 2. The molecule has 1 saturated heterocycles. The third kappa shape index (κ3) is 1.88. The van der Waals surface area contributed by atoms with Gasteiger partial charge < -0.3 is 9.88 Å². The van der Waals surface area contributed by atoms with Crippen molar-refractivity contribution < 1.29 is 0 Å². The summed E-state index contributed by atoms with van der Waals surface area (Å²) in [5, 5.41) is 9.64. The lowest BCUT2D eigenvalue weighted by Crippen LogP contribution is -2.43. The van der Waals surface area contributed by atoms with Gasteiger partial charge in [0.1, 0.15) is 5.65 Å². The molecule has 1 aliphatic heterocycles. The van der Waals surface area contributed by atoms with Crippen molar-refractivity contribution in [3.05, 3.63) is 35.2 Å². The monoisotopic (exact) mass is 301 g/mol. The van der Waals surface area contributed by atoms with Crippen LogP contribution in [0.3, 0.4) is 0 Å². The van der Waals surface area contributed by atoms with Crippen molar-refractivity contribution in [1.82, 2.24) is 24.6 Å². The fourth-order valence-electron chi connectivity index (χ4n) is 2.83. The number of aromatic nitrogens is 4. The van der Waals surface area contributed by atoms with Crippen molar-refractivity contribution in [2.45, 2.75) is 13.0 Å². The molecule has 3 aromatic rings. The molecule has 108 valence electrons. The second-order valence-electron chi connectivity index (χ2n) is 5.54. The van der Waals surface area contributed by atoms with Gasteiger partial charge in [0.2, 0.25) is 0 Å². The van der Waals surface area contributed by atoms with Gasteiger partial charge in [-0.3, -0.25) is 4.68 Å². The van der Waals surface area contributed by atoms with E-state index in [2.05, 4.69) is 36.9 Å². The van der Waals surface area contributed by atoms with Crippen LogP contribution in [0.2, 0.25) is 5.02 Å². The standard InChI is InChI=1S/C15H16ClN5/c1-9-12(8-21(19-9)10-6-17-7-10)14-5-11-13(16)3-4-18-15(11)20(14)2/h3-5,8,10,17H,6-7H2,1-2H3. The van der Waals surface area contributed by atoms with Crippen LogP contribution in [0.4, 0.5) is 0 Å². The van der Waals surface area contributed by atoms with Gasteiger partial charge in [-0.25, -0.2) is 4.98 Å². The molecule has 0 bridgehead atoms. The van der Waals surface area contributed by atoms with E-state index in [0.29, 0.717) is 6.04 Å². The highest BCUT2D eigenvalue weighted by Crippen LogP contribution is 2.32. The first kappa shape index (κ1) is 12.9. The second-order valence-corrected chi connectivity index (χ2v) is 5.95. The Morgan fingerprint density at radius 3 is 2.86 bits per heavy atom. The molecule has 4 rings (SSSR count). The predicted octanol–water partition coefficient (Wildman–Crippen LogP) is 2.54. The lowest BCUT2D eigenvalue weighted by atomic mass is 10.1. The lowest BCUT2D eigenvalue weighted by molar-refractivity contribution is 0.317. The molecule has 1 fully saturated rings. The van der Waals surface area contributed by atoms with E-state index in [1.54, 1.807) is 6.20 Å². The molecule has 6 heteroatoms. The molecule has 1 N–H and O–H groups in total. The zero-order valence-corrected chi connectivity index (χ0v) is 12.7. The first-order valence-electron chi connectivity index (χ1n) is 7.02. The Balaban J connectivity index is 1.88. The average molecular weight is 302 g/mol. The van der Waals surface area contributed by atoms with Crippen LogP contribution in [0.5, 0.6) is 0 Å². The number of nitrogens with one attached hydrogen (secondary N) is 1. The van der Waals surface area contributed by atoms with Crippen LogP contribution in [0, 0.1) is 6.92 Å². The minimum atomic E-state index is 0.467. The molecule has 0 aromatic carbocycles. The maximum absolute atomic E-state index is 6.27. The first-order chi connectivity index (χ1) is 10.1. The van der Waals surface area contributed by atoms with Gasteiger partial charge >= 0.3 is 0 Å². The number of pyridine rings is 1. The van der Waals surface area contributed by atoms with Gasteiger partial charge in [-0.2, -0.15) is 5.10 Å². The quantitative estimate of drug-likeness (QED) is 0.791.